The lowest BCUT2D eigenvalue weighted by Gasteiger charge is -2.32. The molecule has 0 fully saturated rings. The summed E-state index contributed by atoms with van der Waals surface area (Å²) in [5, 5.41) is 6.36. The van der Waals surface area contributed by atoms with E-state index in [0.717, 1.165) is 108 Å². The van der Waals surface area contributed by atoms with Crippen LogP contribution in [0, 0.1) is 17.4 Å². The van der Waals surface area contributed by atoms with Gasteiger partial charge in [-0.2, -0.15) is 0 Å². The number of halogens is 2. The number of aromatic nitrogens is 4. The van der Waals surface area contributed by atoms with Crippen LogP contribution >= 0.6 is 38.5 Å². The summed E-state index contributed by atoms with van der Waals surface area (Å²) in [5.41, 5.74) is 14.3. The molecule has 0 atom stereocenters. The Balaban J connectivity index is 0.000000148. The van der Waals surface area contributed by atoms with Crippen molar-refractivity contribution in [1.29, 1.82) is 0 Å². The minimum Gasteiger partial charge on any atom is -0.349 e. The van der Waals surface area contributed by atoms with Crippen molar-refractivity contribution in [1.82, 2.24) is 44.9 Å². The highest BCUT2D eigenvalue weighted by atomic mass is 127. The largest absolute Gasteiger partial charge is 0.349 e. The first-order valence-corrected chi connectivity index (χ1v) is 27.7. The van der Waals surface area contributed by atoms with Gasteiger partial charge in [-0.05, 0) is 109 Å². The number of hydrogen-bond acceptors (Lipinski definition) is 8. The van der Waals surface area contributed by atoms with Crippen LogP contribution < -0.4 is 10.6 Å². The van der Waals surface area contributed by atoms with Gasteiger partial charge in [0.05, 0.1) is 42.2 Å². The average Bonchev–Trinajstić information content (AvgIpc) is 3.95. The molecule has 0 saturated carbocycles. The summed E-state index contributed by atoms with van der Waals surface area (Å²) in [5.74, 6) is 0.354. The number of unbranched alkanes of at least 4 members (excludes halogenated alkanes) is 1. The molecular weight excluding hydrogens is 1110 g/mol. The predicted molar refractivity (Wildman–Crippen MR) is 303 cm³/mol. The molecule has 388 valence electrons. The molecule has 0 radical (unpaired) electrons. The zero-order chi connectivity index (χ0) is 52.7. The molecule has 0 bridgehead atoms. The topological polar surface area (TPSA) is 178 Å². The molecule has 15 nitrogen and oxygen atoms in total. The van der Waals surface area contributed by atoms with E-state index in [0.29, 0.717) is 13.1 Å². The van der Waals surface area contributed by atoms with Crippen molar-refractivity contribution in [3.63, 3.8) is 0 Å². The van der Waals surface area contributed by atoms with Crippen LogP contribution in [0.2, 0.25) is 0 Å². The van der Waals surface area contributed by atoms with E-state index in [9.17, 15) is 24.0 Å². The maximum atomic E-state index is 12.6. The summed E-state index contributed by atoms with van der Waals surface area (Å²) in [6, 6.07) is 18.6. The zero-order valence-corrected chi connectivity index (χ0v) is 46.7. The van der Waals surface area contributed by atoms with E-state index in [-0.39, 0.29) is 49.2 Å². The molecule has 0 spiro atoms. The van der Waals surface area contributed by atoms with Gasteiger partial charge in [-0.15, -0.1) is 0 Å². The number of carbonyl (C=O) groups excluding carboxylic acids is 5. The molecule has 0 aliphatic carbocycles. The number of fused-ring (bicyclic) bond motifs is 9. The van der Waals surface area contributed by atoms with Gasteiger partial charge >= 0.3 is 0 Å². The average molecular weight is 1180 g/mol. The van der Waals surface area contributed by atoms with E-state index in [1.807, 2.05) is 65.9 Å². The number of aliphatic imine (C=N–C) groups is 1. The fourth-order valence-electron chi connectivity index (χ4n) is 9.54. The summed E-state index contributed by atoms with van der Waals surface area (Å²) >= 11 is 5.61. The molecule has 74 heavy (non-hydrogen) atoms. The lowest BCUT2D eigenvalue weighted by Crippen LogP contribution is -2.38. The number of carbonyl (C=O) groups is 5. The Bertz CT molecular complexity index is 2970. The first kappa shape index (κ1) is 55.3. The second kappa shape index (κ2) is 26.7. The molecule has 3 N–H and O–H groups in total. The van der Waals surface area contributed by atoms with E-state index in [2.05, 4.69) is 114 Å². The van der Waals surface area contributed by atoms with Gasteiger partial charge in [0.25, 0.3) is 0 Å². The van der Waals surface area contributed by atoms with E-state index < -0.39 is 0 Å². The number of alkyl halides is 1. The van der Waals surface area contributed by atoms with Crippen molar-refractivity contribution >= 4 is 91.0 Å². The smallest absolute Gasteiger partial charge is 0.248 e. The van der Waals surface area contributed by atoms with Crippen LogP contribution in [0.5, 0.6) is 0 Å². The number of hydrogen-bond donors (Lipinski definition) is 3. The van der Waals surface area contributed by atoms with E-state index >= 15 is 0 Å². The van der Waals surface area contributed by atoms with Crippen LogP contribution in [0.15, 0.2) is 103 Å². The summed E-state index contributed by atoms with van der Waals surface area (Å²) in [7, 11) is 0. The molecule has 17 heteroatoms. The van der Waals surface area contributed by atoms with Crippen molar-refractivity contribution in [2.45, 2.75) is 92.4 Å². The highest BCUT2D eigenvalue weighted by Gasteiger charge is 2.32. The first-order chi connectivity index (χ1) is 35.8. The van der Waals surface area contributed by atoms with Crippen LogP contribution in [0.25, 0.3) is 17.1 Å². The number of rotatable bonds is 6. The minimum atomic E-state index is -0.201. The third-order valence-corrected chi connectivity index (χ3v) is 14.7. The molecule has 5 aromatic rings. The zero-order valence-electron chi connectivity index (χ0n) is 43.0. The highest BCUT2D eigenvalue weighted by Crippen LogP contribution is 2.35. The molecule has 0 saturated heterocycles. The lowest BCUT2D eigenvalue weighted by atomic mass is 9.90. The monoisotopic (exact) mass is 1180 g/mol. The molecular formula is C57H66BrIN10O5. The second-order valence-electron chi connectivity index (χ2n) is 18.4. The van der Waals surface area contributed by atoms with Crippen LogP contribution in [0.1, 0.15) is 102 Å². The normalized spacial score (nSPS) is 16.3. The molecule has 2 aromatic heterocycles. The lowest BCUT2D eigenvalue weighted by molar-refractivity contribution is -0.128. The molecule has 3 aromatic carbocycles. The third-order valence-electron chi connectivity index (χ3n) is 13.2. The van der Waals surface area contributed by atoms with Gasteiger partial charge in [0, 0.05) is 81.5 Å². The summed E-state index contributed by atoms with van der Waals surface area (Å²) in [6.45, 7) is 12.8. The SMILES string of the molecule is CCCCBr.CCCc1cccc2c1CCN1C(=O)CN=C(n3cnc(C)c3)C=C21.CCCc1cccc2c1CCN1C(=O)CNC(=O)C=C21.Cc1cnc[nH]1.O=C1C=C2c3cccc(I)c3CCN2C(=O)CN1. The van der Waals surface area contributed by atoms with E-state index in [4.69, 9.17) is 0 Å². The summed E-state index contributed by atoms with van der Waals surface area (Å²) in [4.78, 5) is 80.8. The fourth-order valence-corrected chi connectivity index (χ4v) is 10.9. The van der Waals surface area contributed by atoms with Crippen LogP contribution in [0.4, 0.5) is 0 Å². The number of H-pyrrole nitrogens is 1. The number of allylic oxidation sites excluding steroid dienone is 1. The third kappa shape index (κ3) is 13.6. The molecule has 6 aliphatic rings. The number of benzene rings is 3. The molecule has 0 unspecified atom stereocenters. The Hall–Kier alpha value is -6.47. The van der Waals surface area contributed by atoms with E-state index in [1.165, 1.54) is 50.3 Å². The highest BCUT2D eigenvalue weighted by molar-refractivity contribution is 14.1. The number of amides is 5. The van der Waals surface area contributed by atoms with Crippen LogP contribution in [-0.2, 0) is 56.1 Å². The first-order valence-electron chi connectivity index (χ1n) is 25.5. The van der Waals surface area contributed by atoms with Gasteiger partial charge in [-0.1, -0.05) is 104 Å². The van der Waals surface area contributed by atoms with Gasteiger partial charge in [0.2, 0.25) is 29.5 Å². The molecule has 11 rings (SSSR count). The van der Waals surface area contributed by atoms with Crippen LogP contribution in [-0.4, -0.2) is 114 Å². The van der Waals surface area contributed by atoms with Gasteiger partial charge < -0.3 is 30.3 Å². The Morgan fingerprint density at radius 2 is 1.16 bits per heavy atom. The number of aryl methyl sites for hydroxylation is 4. The van der Waals surface area contributed by atoms with Gasteiger partial charge in [0.1, 0.15) is 18.7 Å². The maximum absolute atomic E-state index is 12.6. The standard InChI is InChI=1S/C20H22N4O.C16H18N2O2.C13H11IN2O2.C4H9Br.C4H6N2/c1-3-5-15-6-4-7-17-16(15)8-9-24-18(17)10-19(21-11-20(24)25)23-12-14(2)22-13-23;1-2-4-11-5-3-6-13-12(11)7-8-18-14(13)9-15(19)17-10-16(18)20;14-10-3-1-2-9-8(10)4-5-16-11(9)6-12(17)15-7-13(16)18;1-2-3-4-5;1-4-2-5-3-6-4/h4,6-7,10,12-13H,3,5,8-9,11H2,1-2H3;3,5-6,9H,2,4,7-8,10H2,1H3,(H,17,19);1-3,6H,4-5,7H2,(H,15,17);2-4H2,1H3;2-3H,1H3,(H,5,6). The number of nitrogens with one attached hydrogen (secondary N) is 3. The van der Waals surface area contributed by atoms with Gasteiger partial charge in [0.15, 0.2) is 0 Å². The molecule has 5 amide bonds. The van der Waals surface area contributed by atoms with Crippen molar-refractivity contribution in [2.24, 2.45) is 4.99 Å². The maximum Gasteiger partial charge on any atom is 0.248 e. The Morgan fingerprint density at radius 1 is 0.649 bits per heavy atom. The van der Waals surface area contributed by atoms with E-state index in [1.54, 1.807) is 34.7 Å². The Morgan fingerprint density at radius 3 is 1.61 bits per heavy atom. The van der Waals surface area contributed by atoms with Crippen molar-refractivity contribution in [3.8, 4) is 0 Å². The number of imidazole rings is 2. The van der Waals surface area contributed by atoms with Crippen molar-refractivity contribution in [3.05, 3.63) is 157 Å². The van der Waals surface area contributed by atoms with Gasteiger partial charge in [-0.3, -0.25) is 33.5 Å². The number of nitrogens with zero attached hydrogens (tertiary/aromatic N) is 7. The number of aromatic amines is 1. The van der Waals surface area contributed by atoms with Crippen LogP contribution in [0.3, 0.4) is 0 Å². The predicted octanol–water partition coefficient (Wildman–Crippen LogP) is 8.37. The Labute approximate surface area is 456 Å². The van der Waals surface area contributed by atoms with Crippen molar-refractivity contribution < 1.29 is 24.0 Å². The molecule has 6 aliphatic heterocycles. The molecule has 8 heterocycles. The quantitative estimate of drug-likeness (QED) is 0.113. The second-order valence-corrected chi connectivity index (χ2v) is 20.4. The van der Waals surface area contributed by atoms with Crippen molar-refractivity contribution in [2.75, 3.05) is 44.6 Å². The minimum absolute atomic E-state index is 0.0337. The van der Waals surface area contributed by atoms with Gasteiger partial charge in [-0.25, -0.2) is 9.97 Å². The summed E-state index contributed by atoms with van der Waals surface area (Å²) < 4.78 is 3.08. The summed E-state index contributed by atoms with van der Waals surface area (Å²) in [6.07, 6.45) is 21.8. The fraction of sp³-hybridized carbons (Fsp3) is 0.368. The Kier molecular flexibility index (Phi) is 19.9.